The smallest absolute Gasteiger partial charge is 0.339 e. The fourth-order valence-electron chi connectivity index (χ4n) is 3.44. The quantitative estimate of drug-likeness (QED) is 0.152. The van der Waals surface area contributed by atoms with Crippen molar-refractivity contribution in [3.63, 3.8) is 0 Å². The number of nitrogens with zero attached hydrogens (tertiary/aromatic N) is 1. The Hall–Kier alpha value is -3.13. The number of amides is 4. The predicted molar refractivity (Wildman–Crippen MR) is 150 cm³/mol. The zero-order valence-electron chi connectivity index (χ0n) is 19.4. The summed E-state index contributed by atoms with van der Waals surface area (Å²) in [6.45, 7) is 1.88. The van der Waals surface area contributed by atoms with Crippen molar-refractivity contribution in [2.24, 2.45) is 0 Å². The maximum Gasteiger partial charge on any atom is 0.339 e. The van der Waals surface area contributed by atoms with Crippen molar-refractivity contribution < 1.29 is 31.7 Å². The average Bonchev–Trinajstić information content (AvgIpc) is 2.86. The number of halogens is 3. The molecule has 13 heteroatoms. The fourth-order valence-corrected chi connectivity index (χ4v) is 5.60. The summed E-state index contributed by atoms with van der Waals surface area (Å²) in [5.74, 6) is -1.77. The average molecular weight is 687 g/mol. The molecular formula is C25H17Cl2IN2O7S. The van der Waals surface area contributed by atoms with Gasteiger partial charge in [-0.2, -0.15) is 8.42 Å². The largest absolute Gasteiger partial charge is 0.490 e. The molecule has 0 aliphatic carbocycles. The Kier molecular flexibility index (Phi) is 8.31. The molecule has 1 saturated heterocycles. The Labute approximate surface area is 241 Å². The van der Waals surface area contributed by atoms with Gasteiger partial charge in [0.2, 0.25) is 0 Å². The van der Waals surface area contributed by atoms with Gasteiger partial charge in [-0.05, 0) is 83.6 Å². The molecule has 1 aliphatic heterocycles. The Morgan fingerprint density at radius 1 is 1.00 bits per heavy atom. The summed E-state index contributed by atoms with van der Waals surface area (Å²) in [6, 6.07) is 13.7. The number of imide groups is 2. The molecule has 0 aromatic heterocycles. The number of anilines is 1. The third kappa shape index (κ3) is 5.80. The minimum absolute atomic E-state index is 0.0408. The van der Waals surface area contributed by atoms with Gasteiger partial charge in [0.05, 0.1) is 25.9 Å². The van der Waals surface area contributed by atoms with Crippen molar-refractivity contribution in [3.8, 4) is 11.5 Å². The molecule has 0 saturated carbocycles. The second-order valence-electron chi connectivity index (χ2n) is 7.67. The van der Waals surface area contributed by atoms with Gasteiger partial charge in [0, 0.05) is 0 Å². The maximum absolute atomic E-state index is 13.2. The highest BCUT2D eigenvalue weighted by molar-refractivity contribution is 14.1. The van der Waals surface area contributed by atoms with Gasteiger partial charge < -0.3 is 8.92 Å². The van der Waals surface area contributed by atoms with Gasteiger partial charge >= 0.3 is 16.1 Å². The van der Waals surface area contributed by atoms with Gasteiger partial charge in [-0.1, -0.05) is 41.4 Å². The van der Waals surface area contributed by atoms with Crippen LogP contribution in [0.15, 0.2) is 71.1 Å². The molecule has 0 radical (unpaired) electrons. The van der Waals surface area contributed by atoms with Crippen LogP contribution in [0.2, 0.25) is 10.0 Å². The summed E-state index contributed by atoms with van der Waals surface area (Å²) >= 11 is 13.8. The normalized spacial score (nSPS) is 15.0. The molecule has 196 valence electrons. The van der Waals surface area contributed by atoms with E-state index in [9.17, 15) is 22.8 Å². The molecule has 38 heavy (non-hydrogen) atoms. The molecule has 1 aliphatic rings. The van der Waals surface area contributed by atoms with Crippen molar-refractivity contribution in [2.75, 3.05) is 11.5 Å². The van der Waals surface area contributed by atoms with Gasteiger partial charge in [-0.3, -0.25) is 14.9 Å². The highest BCUT2D eigenvalue weighted by atomic mass is 127. The van der Waals surface area contributed by atoms with Gasteiger partial charge in [-0.25, -0.2) is 9.69 Å². The zero-order valence-corrected chi connectivity index (χ0v) is 23.9. The molecule has 9 nitrogen and oxygen atoms in total. The first-order chi connectivity index (χ1) is 18.0. The van der Waals surface area contributed by atoms with Crippen molar-refractivity contribution in [3.05, 3.63) is 85.4 Å². The lowest BCUT2D eigenvalue weighted by atomic mass is 10.1. The number of urea groups is 1. The molecule has 0 unspecified atom stereocenters. The Balaban J connectivity index is 1.73. The SMILES string of the molecule is CCOc1cc(/C=C2\C(=O)NC(=O)N(c3ccc(Cl)c(Cl)c3)C2=O)cc(I)c1OS(=O)(=O)c1ccccc1. The lowest BCUT2D eigenvalue weighted by Crippen LogP contribution is -2.54. The van der Waals surface area contributed by atoms with E-state index in [0.29, 0.717) is 9.13 Å². The summed E-state index contributed by atoms with van der Waals surface area (Å²) in [5.41, 5.74) is 0.0866. The number of hydrogen-bond acceptors (Lipinski definition) is 7. The van der Waals surface area contributed by atoms with Crippen LogP contribution in [0.3, 0.4) is 0 Å². The number of carbonyl (C=O) groups is 3. The third-order valence-electron chi connectivity index (χ3n) is 5.13. The summed E-state index contributed by atoms with van der Waals surface area (Å²) < 4.78 is 36.9. The van der Waals surface area contributed by atoms with E-state index in [-0.39, 0.29) is 44.3 Å². The zero-order chi connectivity index (χ0) is 27.6. The fraction of sp³-hybridized carbons (Fsp3) is 0.0800. The van der Waals surface area contributed by atoms with Gasteiger partial charge in [0.15, 0.2) is 11.5 Å². The first-order valence-corrected chi connectivity index (χ1v) is 14.1. The van der Waals surface area contributed by atoms with Gasteiger partial charge in [0.1, 0.15) is 10.5 Å². The number of benzene rings is 3. The highest BCUT2D eigenvalue weighted by Gasteiger charge is 2.37. The first-order valence-electron chi connectivity index (χ1n) is 10.8. The lowest BCUT2D eigenvalue weighted by Gasteiger charge is -2.26. The number of hydrogen-bond donors (Lipinski definition) is 1. The van der Waals surface area contributed by atoms with Crippen molar-refractivity contribution in [1.29, 1.82) is 0 Å². The standard InChI is InChI=1S/C25H17Cl2IN2O7S/c1-2-36-21-12-14(11-20(28)22(21)37-38(34,35)16-6-4-3-5-7-16)10-17-23(31)29-25(33)30(24(17)32)15-8-9-18(26)19(27)13-15/h3-13H,2H2,1H3,(H,29,31,33)/b17-10+. The van der Waals surface area contributed by atoms with Crippen LogP contribution in [0.4, 0.5) is 10.5 Å². The van der Waals surface area contributed by atoms with Gasteiger partial charge in [-0.15, -0.1) is 0 Å². The second kappa shape index (κ2) is 11.3. The Morgan fingerprint density at radius 2 is 1.71 bits per heavy atom. The monoisotopic (exact) mass is 686 g/mol. The number of barbiturate groups is 1. The van der Waals surface area contributed by atoms with Crippen LogP contribution in [-0.2, 0) is 19.7 Å². The number of ether oxygens (including phenoxy) is 1. The van der Waals surface area contributed by atoms with E-state index in [4.69, 9.17) is 32.1 Å². The molecule has 4 amide bonds. The summed E-state index contributed by atoms with van der Waals surface area (Å²) in [7, 11) is -4.17. The Bertz CT molecular complexity index is 1590. The number of rotatable bonds is 7. The summed E-state index contributed by atoms with van der Waals surface area (Å²) in [4.78, 5) is 39.0. The molecule has 3 aromatic carbocycles. The van der Waals surface area contributed by atoms with Crippen molar-refractivity contribution >= 4 is 85.5 Å². The molecule has 4 rings (SSSR count). The van der Waals surface area contributed by atoms with Crippen LogP contribution in [0.5, 0.6) is 11.5 Å². The Morgan fingerprint density at radius 3 is 2.37 bits per heavy atom. The van der Waals surface area contributed by atoms with E-state index in [1.54, 1.807) is 25.1 Å². The summed E-state index contributed by atoms with van der Waals surface area (Å²) in [6.07, 6.45) is 1.26. The molecule has 1 N–H and O–H groups in total. The minimum atomic E-state index is -4.17. The van der Waals surface area contributed by atoms with Crippen LogP contribution >= 0.6 is 45.8 Å². The van der Waals surface area contributed by atoms with E-state index in [0.717, 1.165) is 4.90 Å². The molecule has 0 atom stereocenters. The number of nitrogens with one attached hydrogen (secondary N) is 1. The van der Waals surface area contributed by atoms with E-state index >= 15 is 0 Å². The van der Waals surface area contributed by atoms with Crippen LogP contribution < -0.4 is 19.1 Å². The molecule has 0 spiro atoms. The summed E-state index contributed by atoms with van der Waals surface area (Å²) in [5, 5.41) is 2.46. The second-order valence-corrected chi connectivity index (χ2v) is 11.2. The van der Waals surface area contributed by atoms with Crippen molar-refractivity contribution in [1.82, 2.24) is 5.32 Å². The topological polar surface area (TPSA) is 119 Å². The van der Waals surface area contributed by atoms with E-state index < -0.39 is 28.0 Å². The van der Waals surface area contributed by atoms with E-state index in [2.05, 4.69) is 5.32 Å². The minimum Gasteiger partial charge on any atom is -0.490 e. The van der Waals surface area contributed by atoms with E-state index in [1.165, 1.54) is 48.5 Å². The predicted octanol–water partition coefficient (Wildman–Crippen LogP) is 5.43. The molecule has 1 fully saturated rings. The van der Waals surface area contributed by atoms with Crippen LogP contribution in [0.1, 0.15) is 12.5 Å². The van der Waals surface area contributed by atoms with Crippen LogP contribution in [0, 0.1) is 3.57 Å². The molecule has 3 aromatic rings. The lowest BCUT2D eigenvalue weighted by molar-refractivity contribution is -0.122. The molecular weight excluding hydrogens is 670 g/mol. The van der Waals surface area contributed by atoms with Gasteiger partial charge in [0.25, 0.3) is 11.8 Å². The highest BCUT2D eigenvalue weighted by Crippen LogP contribution is 2.37. The molecule has 0 bridgehead atoms. The molecule has 1 heterocycles. The number of carbonyl (C=O) groups excluding carboxylic acids is 3. The first kappa shape index (κ1) is 27.9. The maximum atomic E-state index is 13.2. The van der Waals surface area contributed by atoms with Crippen LogP contribution in [-0.4, -0.2) is 32.9 Å². The van der Waals surface area contributed by atoms with Crippen LogP contribution in [0.25, 0.3) is 6.08 Å². The van der Waals surface area contributed by atoms with Crippen molar-refractivity contribution in [2.45, 2.75) is 11.8 Å². The van der Waals surface area contributed by atoms with E-state index in [1.807, 2.05) is 22.6 Å². The third-order valence-corrected chi connectivity index (χ3v) is 7.91.